The molecule has 3 nitrogen and oxygen atoms in total. The Bertz CT molecular complexity index is 1580. The topological polar surface area (TPSA) is 48.4 Å². The minimum absolute atomic E-state index is 0. The molecule has 4 unspecified atom stereocenters. The van der Waals surface area contributed by atoms with Crippen molar-refractivity contribution in [2.45, 2.75) is 64.1 Å². The number of hydrogen-bond donors (Lipinski definition) is 1. The Morgan fingerprint density at radius 2 is 1.21 bits per heavy atom. The number of hydrogen-bond acceptors (Lipinski definition) is 1. The molecule has 4 atom stereocenters. The van der Waals surface area contributed by atoms with E-state index in [0.717, 1.165) is 52.8 Å². The minimum Gasteiger partial charge on any atom is -0.682 e. The van der Waals surface area contributed by atoms with Crippen LogP contribution in [-0.2, 0) is 26.2 Å². The third kappa shape index (κ3) is 10.1. The first-order chi connectivity index (χ1) is 22.4. The zero-order valence-electron chi connectivity index (χ0n) is 27.7. The summed E-state index contributed by atoms with van der Waals surface area (Å²) in [7, 11) is 0. The van der Waals surface area contributed by atoms with Crippen molar-refractivity contribution in [1.82, 2.24) is 0 Å². The summed E-state index contributed by atoms with van der Waals surface area (Å²) in [6.07, 6.45) is 5.76. The number of nitrogens with zero attached hydrogens (tertiary/aromatic N) is 2. The van der Waals surface area contributed by atoms with Crippen molar-refractivity contribution in [2.24, 2.45) is 5.92 Å². The zero-order valence-corrected chi connectivity index (χ0v) is 30.2. The van der Waals surface area contributed by atoms with E-state index in [1.165, 1.54) is 24.0 Å². The predicted octanol–water partition coefficient (Wildman–Crippen LogP) is 11.9. The number of benzene rings is 5. The van der Waals surface area contributed by atoms with Gasteiger partial charge in [-0.05, 0) is 36.6 Å². The summed E-state index contributed by atoms with van der Waals surface area (Å²) in [5.41, 5.74) is 8.90. The van der Waals surface area contributed by atoms with Gasteiger partial charge in [0.15, 0.2) is 0 Å². The van der Waals surface area contributed by atoms with Crippen LogP contribution in [0.1, 0.15) is 66.0 Å². The van der Waals surface area contributed by atoms with Crippen molar-refractivity contribution in [2.75, 3.05) is 0 Å². The zero-order chi connectivity index (χ0) is 32.3. The molecule has 7 rings (SSSR count). The molecule has 0 spiro atoms. The number of aromatic hydroxyl groups is 1. The minimum atomic E-state index is 0. The van der Waals surface area contributed by atoms with E-state index in [0.29, 0.717) is 11.7 Å². The first-order valence-corrected chi connectivity index (χ1v) is 16.5. The SMILES string of the molecule is Cc1cccc(C)c1[N-]C1CCCC2CCC(c3ccc(-c4ccccc4)cc3O)[N-]C21.[CH2-]c1ccccc1.[CH2-]c1ccccc1.[Zr+4]. The molecule has 2 fully saturated rings. The molecule has 4 heteroatoms. The van der Waals surface area contributed by atoms with E-state index < -0.39 is 0 Å². The molecular formula is C43H46N2OZr. The van der Waals surface area contributed by atoms with Crippen molar-refractivity contribution in [3.05, 3.63) is 180 Å². The summed E-state index contributed by atoms with van der Waals surface area (Å²) in [4.78, 5) is 0. The number of piperidine rings is 1. The summed E-state index contributed by atoms with van der Waals surface area (Å²) in [5, 5.41) is 21.5. The van der Waals surface area contributed by atoms with E-state index in [2.05, 4.69) is 70.2 Å². The van der Waals surface area contributed by atoms with Crippen LogP contribution in [0.25, 0.3) is 21.8 Å². The molecule has 1 saturated heterocycles. The van der Waals surface area contributed by atoms with Crippen LogP contribution in [0.5, 0.6) is 5.75 Å². The second kappa shape index (κ2) is 18.0. The summed E-state index contributed by atoms with van der Waals surface area (Å²) >= 11 is 0. The van der Waals surface area contributed by atoms with Crippen LogP contribution in [0.15, 0.2) is 127 Å². The Labute approximate surface area is 302 Å². The van der Waals surface area contributed by atoms with Gasteiger partial charge in [0.05, 0.1) is 0 Å². The number of phenolic OH excluding ortho intramolecular Hbond substituents is 1. The molecule has 1 saturated carbocycles. The number of aryl methyl sites for hydroxylation is 2. The number of rotatable bonds is 4. The van der Waals surface area contributed by atoms with Crippen LogP contribution in [0.2, 0.25) is 0 Å². The first-order valence-electron chi connectivity index (χ1n) is 16.5. The van der Waals surface area contributed by atoms with Crippen LogP contribution in [-0.4, -0.2) is 17.2 Å². The molecule has 0 bridgehead atoms. The van der Waals surface area contributed by atoms with Gasteiger partial charge in [-0.1, -0.05) is 122 Å². The summed E-state index contributed by atoms with van der Waals surface area (Å²) < 4.78 is 0. The van der Waals surface area contributed by atoms with E-state index in [4.69, 9.17) is 10.6 Å². The van der Waals surface area contributed by atoms with Crippen molar-refractivity contribution >= 4 is 5.69 Å². The maximum absolute atomic E-state index is 10.9. The van der Waals surface area contributed by atoms with E-state index in [9.17, 15) is 5.11 Å². The third-order valence-electron chi connectivity index (χ3n) is 9.03. The molecule has 238 valence electrons. The van der Waals surface area contributed by atoms with Gasteiger partial charge in [-0.25, -0.2) is 0 Å². The van der Waals surface area contributed by atoms with Crippen LogP contribution in [0.3, 0.4) is 0 Å². The van der Waals surface area contributed by atoms with Crippen LogP contribution in [0.4, 0.5) is 5.69 Å². The van der Waals surface area contributed by atoms with Crippen molar-refractivity contribution in [3.63, 3.8) is 0 Å². The quantitative estimate of drug-likeness (QED) is 0.187. The second-order valence-electron chi connectivity index (χ2n) is 12.5. The molecule has 0 aromatic heterocycles. The van der Waals surface area contributed by atoms with Crippen molar-refractivity contribution < 1.29 is 31.3 Å². The summed E-state index contributed by atoms with van der Waals surface area (Å²) in [6, 6.07) is 43.0. The molecule has 1 N–H and O–H groups in total. The number of para-hydroxylation sites is 1. The van der Waals surface area contributed by atoms with Crippen LogP contribution in [0, 0.1) is 33.6 Å². The molecule has 0 radical (unpaired) electrons. The molecule has 1 aliphatic heterocycles. The molecule has 1 heterocycles. The van der Waals surface area contributed by atoms with E-state index in [1.807, 2.05) is 84.9 Å². The maximum atomic E-state index is 10.9. The maximum Gasteiger partial charge on any atom is 4.00 e. The first kappa shape index (κ1) is 36.1. The normalized spacial score (nSPS) is 19.7. The second-order valence-corrected chi connectivity index (χ2v) is 12.5. The standard InChI is InChI=1S/C29H32N2O.2C7H7.Zr/c1-19-8-6-9-20(2)28(19)31-26-13-7-12-22-15-17-25(30-29(22)26)24-16-14-23(18-27(24)32)21-10-4-3-5-11-21;2*1-7-5-3-2-4-6-7;/h3-6,8-11,14,16,18,22,25-26,29,32H,7,12-13,15,17H2,1-2H3;2*2-6H,1H2;/q-2;2*-1;+4. The van der Waals surface area contributed by atoms with E-state index >= 15 is 0 Å². The van der Waals surface area contributed by atoms with E-state index in [-0.39, 0.29) is 44.3 Å². The van der Waals surface area contributed by atoms with Gasteiger partial charge < -0.3 is 15.7 Å². The van der Waals surface area contributed by atoms with Crippen LogP contribution < -0.4 is 0 Å². The Hall–Kier alpha value is -3.72. The average molecular weight is 698 g/mol. The Balaban J connectivity index is 0.000000275. The van der Waals surface area contributed by atoms with Crippen molar-refractivity contribution in [1.29, 1.82) is 0 Å². The fourth-order valence-corrected chi connectivity index (χ4v) is 6.58. The van der Waals surface area contributed by atoms with E-state index in [1.54, 1.807) is 0 Å². The predicted molar refractivity (Wildman–Crippen MR) is 195 cm³/mol. The van der Waals surface area contributed by atoms with Gasteiger partial charge in [0.1, 0.15) is 5.75 Å². The average Bonchev–Trinajstić information content (AvgIpc) is 3.08. The summed E-state index contributed by atoms with van der Waals surface area (Å²) in [6.45, 7) is 11.7. The molecule has 2 aliphatic rings. The molecule has 5 aromatic carbocycles. The van der Waals surface area contributed by atoms with Gasteiger partial charge in [-0.2, -0.15) is 49.2 Å². The van der Waals surface area contributed by atoms with Gasteiger partial charge in [0.2, 0.25) is 0 Å². The van der Waals surface area contributed by atoms with Gasteiger partial charge in [0.25, 0.3) is 0 Å². The van der Waals surface area contributed by atoms with Crippen molar-refractivity contribution in [3.8, 4) is 16.9 Å². The molecule has 0 amide bonds. The molecule has 5 aromatic rings. The van der Waals surface area contributed by atoms with Gasteiger partial charge in [-0.15, -0.1) is 48.1 Å². The molecular weight excluding hydrogens is 652 g/mol. The Morgan fingerprint density at radius 1 is 0.638 bits per heavy atom. The monoisotopic (exact) mass is 696 g/mol. The molecule has 1 aliphatic carbocycles. The fraction of sp³-hybridized carbons (Fsp3) is 0.256. The van der Waals surface area contributed by atoms with Gasteiger partial charge >= 0.3 is 26.2 Å². The fourth-order valence-electron chi connectivity index (χ4n) is 6.58. The van der Waals surface area contributed by atoms with Gasteiger partial charge in [-0.3, -0.25) is 0 Å². The Kier molecular flexibility index (Phi) is 13.8. The van der Waals surface area contributed by atoms with Gasteiger partial charge in [0, 0.05) is 0 Å². The largest absolute Gasteiger partial charge is 4.00 e. The number of fused-ring (bicyclic) bond motifs is 1. The smallest absolute Gasteiger partial charge is 0.682 e. The summed E-state index contributed by atoms with van der Waals surface area (Å²) in [5.74, 6) is 0.974. The van der Waals surface area contributed by atoms with Crippen LogP contribution >= 0.6 is 0 Å². The number of phenols is 1. The third-order valence-corrected chi connectivity index (χ3v) is 9.03. The Morgan fingerprint density at radius 3 is 1.74 bits per heavy atom. The molecule has 47 heavy (non-hydrogen) atoms.